The number of carbonyl (C=O) groups excluding carboxylic acids is 2. The molecule has 0 spiro atoms. The molecule has 5 nitrogen and oxygen atoms in total. The third-order valence-electron chi connectivity index (χ3n) is 3.37. The molecule has 1 aliphatic rings. The van der Waals surface area contributed by atoms with Gasteiger partial charge in [-0.05, 0) is 31.4 Å². The highest BCUT2D eigenvalue weighted by Gasteiger charge is 2.15. The number of aryl methyl sites for hydroxylation is 1. The van der Waals surface area contributed by atoms with Gasteiger partial charge >= 0.3 is 0 Å². The molecule has 108 valence electrons. The molecule has 2 N–H and O–H groups in total. The first-order valence-electron chi connectivity index (χ1n) is 6.93. The molecule has 2 rings (SSSR count). The van der Waals surface area contributed by atoms with E-state index in [-0.39, 0.29) is 24.5 Å². The molecule has 0 bridgehead atoms. The summed E-state index contributed by atoms with van der Waals surface area (Å²) in [7, 11) is 0. The Morgan fingerprint density at radius 3 is 3.00 bits per heavy atom. The first-order valence-corrected chi connectivity index (χ1v) is 6.93. The van der Waals surface area contributed by atoms with E-state index in [0.29, 0.717) is 12.2 Å². The van der Waals surface area contributed by atoms with Crippen LogP contribution in [-0.2, 0) is 16.0 Å². The summed E-state index contributed by atoms with van der Waals surface area (Å²) in [6.07, 6.45) is 2.15. The summed E-state index contributed by atoms with van der Waals surface area (Å²) in [5, 5.41) is 5.65. The van der Waals surface area contributed by atoms with Gasteiger partial charge in [-0.25, -0.2) is 0 Å². The number of amides is 2. The van der Waals surface area contributed by atoms with Crippen molar-refractivity contribution in [3.05, 3.63) is 23.8 Å². The minimum absolute atomic E-state index is 0.0168. The predicted octanol–water partition coefficient (Wildman–Crippen LogP) is 1.86. The van der Waals surface area contributed by atoms with Crippen LogP contribution in [0.5, 0.6) is 5.75 Å². The monoisotopic (exact) mass is 276 g/mol. The maximum absolute atomic E-state index is 11.6. The Hall–Kier alpha value is -2.04. The van der Waals surface area contributed by atoms with Crippen molar-refractivity contribution in [3.8, 4) is 5.75 Å². The van der Waals surface area contributed by atoms with Crippen LogP contribution in [0.1, 0.15) is 32.3 Å². The summed E-state index contributed by atoms with van der Waals surface area (Å²) in [6.45, 7) is 3.95. The molecule has 1 unspecified atom stereocenters. The number of ether oxygens (including phenoxy) is 1. The van der Waals surface area contributed by atoms with Crippen molar-refractivity contribution in [3.63, 3.8) is 0 Å². The lowest BCUT2D eigenvalue weighted by Gasteiger charge is -2.18. The van der Waals surface area contributed by atoms with Gasteiger partial charge in [-0.15, -0.1) is 0 Å². The molecule has 20 heavy (non-hydrogen) atoms. The second kappa shape index (κ2) is 6.41. The fourth-order valence-corrected chi connectivity index (χ4v) is 2.01. The number of anilines is 1. The number of nitrogens with one attached hydrogen (secondary N) is 2. The second-order valence-electron chi connectivity index (χ2n) is 5.03. The van der Waals surface area contributed by atoms with Crippen molar-refractivity contribution < 1.29 is 14.3 Å². The van der Waals surface area contributed by atoms with Gasteiger partial charge in [0.15, 0.2) is 6.61 Å². The first-order chi connectivity index (χ1) is 9.58. The predicted molar refractivity (Wildman–Crippen MR) is 76.8 cm³/mol. The molecule has 0 aromatic heterocycles. The molecular weight excluding hydrogens is 256 g/mol. The Bertz CT molecular complexity index is 514. The lowest BCUT2D eigenvalue weighted by atomic mass is 10.0. The average molecular weight is 276 g/mol. The molecule has 1 aliphatic heterocycles. The van der Waals surface area contributed by atoms with Crippen molar-refractivity contribution in [1.29, 1.82) is 0 Å². The van der Waals surface area contributed by atoms with Gasteiger partial charge in [0.25, 0.3) is 5.91 Å². The summed E-state index contributed by atoms with van der Waals surface area (Å²) in [5.41, 5.74) is 1.88. The minimum atomic E-state index is -0.138. The van der Waals surface area contributed by atoms with Crippen molar-refractivity contribution in [2.24, 2.45) is 0 Å². The molecule has 2 amide bonds. The van der Waals surface area contributed by atoms with Gasteiger partial charge in [0.05, 0.1) is 0 Å². The zero-order valence-electron chi connectivity index (χ0n) is 11.9. The summed E-state index contributed by atoms with van der Waals surface area (Å²) in [4.78, 5) is 23.0. The van der Waals surface area contributed by atoms with Crippen LogP contribution < -0.4 is 15.4 Å². The number of hydrogen-bond donors (Lipinski definition) is 2. The fourth-order valence-electron chi connectivity index (χ4n) is 2.01. The van der Waals surface area contributed by atoms with Crippen LogP contribution in [0.2, 0.25) is 0 Å². The standard InChI is InChI=1S/C15H20N2O3/c1-3-10(2)16-15(19)9-20-12-6-4-11-5-7-14(18)17-13(11)8-12/h4,6,8,10H,3,5,7,9H2,1-2H3,(H,16,19)(H,17,18). The minimum Gasteiger partial charge on any atom is -0.484 e. The van der Waals surface area contributed by atoms with E-state index in [1.807, 2.05) is 26.0 Å². The van der Waals surface area contributed by atoms with Gasteiger partial charge in [0, 0.05) is 24.2 Å². The largest absolute Gasteiger partial charge is 0.484 e. The second-order valence-corrected chi connectivity index (χ2v) is 5.03. The van der Waals surface area contributed by atoms with E-state index in [4.69, 9.17) is 4.74 Å². The summed E-state index contributed by atoms with van der Waals surface area (Å²) >= 11 is 0. The van der Waals surface area contributed by atoms with E-state index in [2.05, 4.69) is 10.6 Å². The smallest absolute Gasteiger partial charge is 0.258 e. The Balaban J connectivity index is 1.92. The molecule has 1 atom stereocenters. The zero-order chi connectivity index (χ0) is 14.5. The lowest BCUT2D eigenvalue weighted by Crippen LogP contribution is -2.35. The topological polar surface area (TPSA) is 67.4 Å². The van der Waals surface area contributed by atoms with E-state index in [1.54, 1.807) is 6.07 Å². The number of benzene rings is 1. The van der Waals surface area contributed by atoms with Crippen LogP contribution in [0.15, 0.2) is 18.2 Å². The van der Waals surface area contributed by atoms with E-state index < -0.39 is 0 Å². The summed E-state index contributed by atoms with van der Waals surface area (Å²) in [5.74, 6) is 0.468. The summed E-state index contributed by atoms with van der Waals surface area (Å²) in [6, 6.07) is 5.67. The fraction of sp³-hybridized carbons (Fsp3) is 0.467. The van der Waals surface area contributed by atoms with E-state index in [9.17, 15) is 9.59 Å². The molecule has 1 aromatic rings. The van der Waals surface area contributed by atoms with E-state index in [1.165, 1.54) is 0 Å². The number of rotatable bonds is 5. The van der Waals surface area contributed by atoms with Crippen LogP contribution in [0, 0.1) is 0 Å². The van der Waals surface area contributed by atoms with E-state index in [0.717, 1.165) is 24.1 Å². The zero-order valence-corrected chi connectivity index (χ0v) is 11.9. The Morgan fingerprint density at radius 2 is 2.25 bits per heavy atom. The maximum Gasteiger partial charge on any atom is 0.258 e. The van der Waals surface area contributed by atoms with Crippen molar-refractivity contribution in [2.45, 2.75) is 39.2 Å². The molecule has 1 heterocycles. The number of fused-ring (bicyclic) bond motifs is 1. The van der Waals surface area contributed by atoms with Crippen LogP contribution in [0.3, 0.4) is 0 Å². The quantitative estimate of drug-likeness (QED) is 0.862. The molecule has 1 aromatic carbocycles. The van der Waals surface area contributed by atoms with Gasteiger partial charge < -0.3 is 15.4 Å². The van der Waals surface area contributed by atoms with Crippen LogP contribution in [-0.4, -0.2) is 24.5 Å². The van der Waals surface area contributed by atoms with Gasteiger partial charge in [-0.1, -0.05) is 13.0 Å². The SMILES string of the molecule is CCC(C)NC(=O)COc1ccc2c(c1)NC(=O)CC2. The lowest BCUT2D eigenvalue weighted by molar-refractivity contribution is -0.123. The Labute approximate surface area is 118 Å². The third kappa shape index (κ3) is 3.73. The van der Waals surface area contributed by atoms with Gasteiger partial charge in [-0.2, -0.15) is 0 Å². The van der Waals surface area contributed by atoms with Crippen molar-refractivity contribution >= 4 is 17.5 Å². The summed E-state index contributed by atoms with van der Waals surface area (Å²) < 4.78 is 5.45. The highest BCUT2D eigenvalue weighted by atomic mass is 16.5. The molecule has 5 heteroatoms. The first kappa shape index (κ1) is 14.4. The molecular formula is C15H20N2O3. The highest BCUT2D eigenvalue weighted by Crippen LogP contribution is 2.26. The number of hydrogen-bond acceptors (Lipinski definition) is 3. The van der Waals surface area contributed by atoms with Crippen molar-refractivity contribution in [1.82, 2.24) is 5.32 Å². The van der Waals surface area contributed by atoms with Gasteiger partial charge in [0.1, 0.15) is 5.75 Å². The van der Waals surface area contributed by atoms with Crippen LogP contribution >= 0.6 is 0 Å². The van der Waals surface area contributed by atoms with Crippen LogP contribution in [0.4, 0.5) is 5.69 Å². The maximum atomic E-state index is 11.6. The van der Waals surface area contributed by atoms with Crippen molar-refractivity contribution in [2.75, 3.05) is 11.9 Å². The normalized spacial score (nSPS) is 15.0. The molecule has 0 aliphatic carbocycles. The van der Waals surface area contributed by atoms with E-state index >= 15 is 0 Å². The van der Waals surface area contributed by atoms with Crippen LogP contribution in [0.25, 0.3) is 0 Å². The Morgan fingerprint density at radius 1 is 1.45 bits per heavy atom. The highest BCUT2D eigenvalue weighted by molar-refractivity contribution is 5.94. The molecule has 0 saturated carbocycles. The number of carbonyl (C=O) groups is 2. The third-order valence-corrected chi connectivity index (χ3v) is 3.37. The van der Waals surface area contributed by atoms with Gasteiger partial charge in [-0.3, -0.25) is 9.59 Å². The van der Waals surface area contributed by atoms with Gasteiger partial charge in [0.2, 0.25) is 5.91 Å². The molecule has 0 fully saturated rings. The molecule has 0 radical (unpaired) electrons. The Kier molecular flexibility index (Phi) is 4.61. The average Bonchev–Trinajstić information content (AvgIpc) is 2.44. The molecule has 0 saturated heterocycles.